The summed E-state index contributed by atoms with van der Waals surface area (Å²) in [6.45, 7) is 10.9. The largest absolute Gasteiger partial charge is 0.357 e. The van der Waals surface area contributed by atoms with Crippen LogP contribution in [-0.4, -0.2) is 68.1 Å². The zero-order valence-corrected chi connectivity index (χ0v) is 19.8. The average Bonchev–Trinajstić information content (AvgIpc) is 3.37. The number of aliphatic imine (C=N–C) groups is 1. The predicted octanol–water partition coefficient (Wildman–Crippen LogP) is 3.54. The van der Waals surface area contributed by atoms with Crippen LogP contribution in [-0.2, 0) is 0 Å². The molecule has 0 aromatic carbocycles. The van der Waals surface area contributed by atoms with Crippen molar-refractivity contribution in [1.29, 1.82) is 0 Å². The zero-order valence-electron chi connectivity index (χ0n) is 16.7. The number of nitrogens with zero attached hydrogens (tertiary/aromatic N) is 3. The van der Waals surface area contributed by atoms with Gasteiger partial charge in [0.1, 0.15) is 0 Å². The molecule has 0 aliphatic carbocycles. The third-order valence-electron chi connectivity index (χ3n) is 5.39. The maximum absolute atomic E-state index is 4.94. The van der Waals surface area contributed by atoms with Gasteiger partial charge in [-0.15, -0.1) is 35.3 Å². The minimum Gasteiger partial charge on any atom is -0.357 e. The van der Waals surface area contributed by atoms with Gasteiger partial charge in [0.25, 0.3) is 0 Å². The third-order valence-corrected chi connectivity index (χ3v) is 6.36. The fourth-order valence-electron chi connectivity index (χ4n) is 3.95. The van der Waals surface area contributed by atoms with Gasteiger partial charge >= 0.3 is 0 Å². The molecule has 0 radical (unpaired) electrons. The Morgan fingerprint density at radius 3 is 2.52 bits per heavy atom. The molecule has 3 rings (SSSR count). The number of piperidine rings is 1. The number of guanidine groups is 1. The smallest absolute Gasteiger partial charge is 0.191 e. The van der Waals surface area contributed by atoms with Gasteiger partial charge in [0.15, 0.2) is 5.96 Å². The minimum atomic E-state index is 0. The van der Waals surface area contributed by atoms with E-state index in [-0.39, 0.29) is 24.0 Å². The van der Waals surface area contributed by atoms with Crippen molar-refractivity contribution in [3.63, 3.8) is 0 Å². The Labute approximate surface area is 186 Å². The van der Waals surface area contributed by atoms with Crippen LogP contribution in [0.2, 0.25) is 0 Å². The predicted molar refractivity (Wildman–Crippen MR) is 128 cm³/mol. The summed E-state index contributed by atoms with van der Waals surface area (Å²) in [6, 6.07) is 4.85. The topological polar surface area (TPSA) is 42.9 Å². The first kappa shape index (κ1) is 22.9. The molecule has 0 bridgehead atoms. The molecule has 5 nitrogen and oxygen atoms in total. The van der Waals surface area contributed by atoms with Crippen LogP contribution in [0.25, 0.3) is 0 Å². The first-order chi connectivity index (χ1) is 12.9. The van der Waals surface area contributed by atoms with Crippen LogP contribution in [0, 0.1) is 0 Å². The van der Waals surface area contributed by atoms with Gasteiger partial charge in [0.05, 0.1) is 12.6 Å². The molecule has 1 aromatic rings. The van der Waals surface area contributed by atoms with E-state index < -0.39 is 0 Å². The lowest BCUT2D eigenvalue weighted by molar-refractivity contribution is 0.232. The Balaban J connectivity index is 0.00000261. The average molecular weight is 506 g/mol. The Morgan fingerprint density at radius 2 is 1.85 bits per heavy atom. The molecular weight excluding hydrogens is 469 g/mol. The Bertz CT molecular complexity index is 524. The lowest BCUT2D eigenvalue weighted by atomic mass is 10.1. The molecule has 154 valence electrons. The molecule has 1 aromatic heterocycles. The number of rotatable bonds is 8. The number of thiophene rings is 1. The molecule has 0 amide bonds. The van der Waals surface area contributed by atoms with Crippen LogP contribution in [0.3, 0.4) is 0 Å². The first-order valence-corrected chi connectivity index (χ1v) is 11.3. The maximum Gasteiger partial charge on any atom is 0.191 e. The lowest BCUT2D eigenvalue weighted by Gasteiger charge is -2.27. The minimum absolute atomic E-state index is 0. The summed E-state index contributed by atoms with van der Waals surface area (Å²) in [5.74, 6) is 0.963. The molecule has 0 saturated carbocycles. The molecule has 1 unspecified atom stereocenters. The highest BCUT2D eigenvalue weighted by Gasteiger charge is 2.24. The van der Waals surface area contributed by atoms with E-state index in [1.807, 2.05) is 11.3 Å². The van der Waals surface area contributed by atoms with Gasteiger partial charge in [-0.05, 0) is 70.2 Å². The Kier molecular flexibility index (Phi) is 11.0. The van der Waals surface area contributed by atoms with Crippen LogP contribution < -0.4 is 10.6 Å². The van der Waals surface area contributed by atoms with Gasteiger partial charge in [-0.1, -0.05) is 12.5 Å². The number of hydrogen-bond donors (Lipinski definition) is 2. The number of nitrogens with one attached hydrogen (secondary N) is 2. The van der Waals surface area contributed by atoms with Gasteiger partial charge in [-0.3, -0.25) is 9.89 Å². The van der Waals surface area contributed by atoms with Crippen LogP contribution >= 0.6 is 35.3 Å². The summed E-state index contributed by atoms with van der Waals surface area (Å²) in [5.41, 5.74) is 0. The van der Waals surface area contributed by atoms with E-state index in [0.717, 1.165) is 32.1 Å². The van der Waals surface area contributed by atoms with Crippen molar-refractivity contribution < 1.29 is 0 Å². The standard InChI is InChI=1S/C20H35N5S.HI/c1-2-21-20(22-10-15-24-11-4-3-5-12-24)23-17-18(19-9-8-16-26-19)25-13-6-7-14-25;/h8-9,16,18H,2-7,10-15,17H2,1H3,(H2,21,22,23);1H. The summed E-state index contributed by atoms with van der Waals surface area (Å²) < 4.78 is 0. The van der Waals surface area contributed by atoms with Crippen molar-refractivity contribution in [2.24, 2.45) is 4.99 Å². The second-order valence-electron chi connectivity index (χ2n) is 7.32. The van der Waals surface area contributed by atoms with Crippen molar-refractivity contribution in [3.05, 3.63) is 22.4 Å². The fourth-order valence-corrected chi connectivity index (χ4v) is 4.81. The van der Waals surface area contributed by atoms with E-state index in [1.54, 1.807) is 0 Å². The van der Waals surface area contributed by atoms with E-state index >= 15 is 0 Å². The van der Waals surface area contributed by atoms with E-state index in [4.69, 9.17) is 4.99 Å². The fraction of sp³-hybridized carbons (Fsp3) is 0.750. The Morgan fingerprint density at radius 1 is 1.11 bits per heavy atom. The molecule has 3 heterocycles. The normalized spacial score (nSPS) is 20.3. The highest BCUT2D eigenvalue weighted by atomic mass is 127. The summed E-state index contributed by atoms with van der Waals surface area (Å²) in [4.78, 5) is 11.6. The maximum atomic E-state index is 4.94. The number of likely N-dealkylation sites (tertiary alicyclic amines) is 2. The van der Waals surface area contributed by atoms with Crippen molar-refractivity contribution in [2.45, 2.75) is 45.1 Å². The third kappa shape index (κ3) is 7.51. The van der Waals surface area contributed by atoms with E-state index in [1.165, 1.54) is 63.2 Å². The quantitative estimate of drug-likeness (QED) is 0.322. The van der Waals surface area contributed by atoms with Crippen LogP contribution in [0.5, 0.6) is 0 Å². The molecule has 2 aliphatic heterocycles. The molecule has 2 N–H and O–H groups in total. The summed E-state index contributed by atoms with van der Waals surface area (Å²) in [5, 5.41) is 9.14. The van der Waals surface area contributed by atoms with Crippen molar-refractivity contribution >= 4 is 41.3 Å². The van der Waals surface area contributed by atoms with Gasteiger partial charge in [0.2, 0.25) is 0 Å². The van der Waals surface area contributed by atoms with Gasteiger partial charge in [-0.25, -0.2) is 0 Å². The Hall–Kier alpha value is -0.380. The number of hydrogen-bond acceptors (Lipinski definition) is 4. The van der Waals surface area contributed by atoms with Crippen molar-refractivity contribution in [3.8, 4) is 0 Å². The van der Waals surface area contributed by atoms with Crippen molar-refractivity contribution in [1.82, 2.24) is 20.4 Å². The highest BCUT2D eigenvalue weighted by molar-refractivity contribution is 14.0. The van der Waals surface area contributed by atoms with E-state index in [0.29, 0.717) is 6.04 Å². The van der Waals surface area contributed by atoms with Crippen molar-refractivity contribution in [2.75, 3.05) is 52.4 Å². The molecule has 1 atom stereocenters. The van der Waals surface area contributed by atoms with Crippen LogP contribution in [0.4, 0.5) is 0 Å². The monoisotopic (exact) mass is 505 g/mol. The highest BCUT2D eigenvalue weighted by Crippen LogP contribution is 2.28. The summed E-state index contributed by atoms with van der Waals surface area (Å²) in [7, 11) is 0. The summed E-state index contributed by atoms with van der Waals surface area (Å²) in [6.07, 6.45) is 6.74. The van der Waals surface area contributed by atoms with Gasteiger partial charge in [-0.2, -0.15) is 0 Å². The lowest BCUT2D eigenvalue weighted by Crippen LogP contribution is -2.43. The van der Waals surface area contributed by atoms with Gasteiger partial charge in [0, 0.05) is 24.5 Å². The second kappa shape index (κ2) is 13.0. The molecule has 2 fully saturated rings. The van der Waals surface area contributed by atoms with Crippen LogP contribution in [0.1, 0.15) is 49.9 Å². The molecule has 7 heteroatoms. The molecule has 2 saturated heterocycles. The molecule has 27 heavy (non-hydrogen) atoms. The number of halogens is 1. The summed E-state index contributed by atoms with van der Waals surface area (Å²) >= 11 is 1.86. The second-order valence-corrected chi connectivity index (χ2v) is 8.30. The SMILES string of the molecule is CCNC(=NCC(c1cccs1)N1CCCC1)NCCN1CCCCC1.I. The first-order valence-electron chi connectivity index (χ1n) is 10.4. The van der Waals surface area contributed by atoms with Crippen LogP contribution in [0.15, 0.2) is 22.5 Å². The van der Waals surface area contributed by atoms with E-state index in [2.05, 4.69) is 44.9 Å². The molecule has 0 spiro atoms. The zero-order chi connectivity index (χ0) is 18.0. The van der Waals surface area contributed by atoms with Gasteiger partial charge < -0.3 is 15.5 Å². The van der Waals surface area contributed by atoms with E-state index in [9.17, 15) is 0 Å². The molecule has 2 aliphatic rings. The molecular formula is C20H36IN5S.